The summed E-state index contributed by atoms with van der Waals surface area (Å²) in [5.74, 6) is 0.261. The molecule has 0 radical (unpaired) electrons. The van der Waals surface area contributed by atoms with Gasteiger partial charge in [-0.2, -0.15) is 0 Å². The molecular weight excluding hydrogens is 228 g/mol. The van der Waals surface area contributed by atoms with Gasteiger partial charge in [-0.15, -0.1) is 0 Å². The third kappa shape index (κ3) is 1.99. The maximum atomic E-state index is 10.0. The fraction of sp³-hybridized carbons (Fsp3) is 0.200. The van der Waals surface area contributed by atoms with Crippen molar-refractivity contribution in [3.05, 3.63) is 41.0 Å². The van der Waals surface area contributed by atoms with Gasteiger partial charge in [0.15, 0.2) is 0 Å². The highest BCUT2D eigenvalue weighted by Gasteiger charge is 2.12. The Hall–Kier alpha value is -2.16. The van der Waals surface area contributed by atoms with Gasteiger partial charge in [-0.05, 0) is 60.7 Å². The van der Waals surface area contributed by atoms with Crippen LogP contribution in [0.2, 0.25) is 0 Å². The molecule has 0 saturated heterocycles. The van der Waals surface area contributed by atoms with Gasteiger partial charge in [0.05, 0.1) is 0 Å². The van der Waals surface area contributed by atoms with E-state index in [1.54, 1.807) is 12.1 Å². The van der Waals surface area contributed by atoms with E-state index in [9.17, 15) is 15.3 Å². The monoisotopic (exact) mass is 244 g/mol. The van der Waals surface area contributed by atoms with Crippen molar-refractivity contribution in [1.29, 1.82) is 0 Å². The van der Waals surface area contributed by atoms with Crippen molar-refractivity contribution in [2.75, 3.05) is 0 Å². The van der Waals surface area contributed by atoms with Crippen LogP contribution in [0.3, 0.4) is 0 Å². The zero-order chi connectivity index (χ0) is 13.4. The van der Waals surface area contributed by atoms with Crippen molar-refractivity contribution < 1.29 is 15.3 Å². The van der Waals surface area contributed by atoms with Crippen LogP contribution >= 0.6 is 0 Å². The van der Waals surface area contributed by atoms with Gasteiger partial charge in [-0.3, -0.25) is 0 Å². The summed E-state index contributed by atoms with van der Waals surface area (Å²) in [4.78, 5) is 0. The molecule has 0 aliphatic heterocycles. The first-order valence-corrected chi connectivity index (χ1v) is 5.73. The van der Waals surface area contributed by atoms with E-state index in [1.165, 1.54) is 6.07 Å². The highest BCUT2D eigenvalue weighted by atomic mass is 16.3. The summed E-state index contributed by atoms with van der Waals surface area (Å²) in [5, 5.41) is 29.1. The molecule has 94 valence electrons. The summed E-state index contributed by atoms with van der Waals surface area (Å²) < 4.78 is 0. The second-order valence-corrected chi connectivity index (χ2v) is 4.58. The van der Waals surface area contributed by atoms with Gasteiger partial charge in [0, 0.05) is 6.07 Å². The van der Waals surface area contributed by atoms with Gasteiger partial charge in [0.25, 0.3) is 0 Å². The van der Waals surface area contributed by atoms with E-state index >= 15 is 0 Å². The molecule has 2 rings (SSSR count). The van der Waals surface area contributed by atoms with Crippen molar-refractivity contribution in [1.82, 2.24) is 0 Å². The van der Waals surface area contributed by atoms with E-state index in [0.717, 1.165) is 22.3 Å². The summed E-state index contributed by atoms with van der Waals surface area (Å²) in [5.41, 5.74) is 4.05. The molecule has 18 heavy (non-hydrogen) atoms. The number of hydrogen-bond donors (Lipinski definition) is 3. The molecule has 0 unspecified atom stereocenters. The number of rotatable bonds is 1. The average Bonchev–Trinajstić information content (AvgIpc) is 2.30. The summed E-state index contributed by atoms with van der Waals surface area (Å²) in [7, 11) is 0. The third-order valence-corrected chi connectivity index (χ3v) is 3.28. The number of hydrogen-bond acceptors (Lipinski definition) is 3. The van der Waals surface area contributed by atoms with Crippen LogP contribution in [0.1, 0.15) is 16.7 Å². The second-order valence-electron chi connectivity index (χ2n) is 4.58. The van der Waals surface area contributed by atoms with E-state index in [0.29, 0.717) is 5.56 Å². The van der Waals surface area contributed by atoms with Crippen LogP contribution in [0, 0.1) is 20.8 Å². The zero-order valence-electron chi connectivity index (χ0n) is 10.7. The third-order valence-electron chi connectivity index (χ3n) is 3.28. The Morgan fingerprint density at radius 3 is 1.83 bits per heavy atom. The Morgan fingerprint density at radius 1 is 0.722 bits per heavy atom. The Kier molecular flexibility index (Phi) is 2.91. The quantitative estimate of drug-likeness (QED) is 0.720. The first-order valence-electron chi connectivity index (χ1n) is 5.73. The fourth-order valence-corrected chi connectivity index (χ4v) is 2.08. The molecule has 0 aliphatic carbocycles. The lowest BCUT2D eigenvalue weighted by Gasteiger charge is -2.13. The van der Waals surface area contributed by atoms with Crippen molar-refractivity contribution in [2.45, 2.75) is 20.8 Å². The largest absolute Gasteiger partial charge is 0.508 e. The molecule has 3 nitrogen and oxygen atoms in total. The SMILES string of the molecule is Cc1cc(-c2cc(O)cc(O)c2)c(C)c(O)c1C. The van der Waals surface area contributed by atoms with Crippen LogP contribution in [-0.4, -0.2) is 15.3 Å². The van der Waals surface area contributed by atoms with Crippen molar-refractivity contribution in [3.8, 4) is 28.4 Å². The minimum Gasteiger partial charge on any atom is -0.508 e. The zero-order valence-corrected chi connectivity index (χ0v) is 10.7. The van der Waals surface area contributed by atoms with Gasteiger partial charge in [-0.25, -0.2) is 0 Å². The Labute approximate surface area is 106 Å². The van der Waals surface area contributed by atoms with Crippen LogP contribution in [-0.2, 0) is 0 Å². The number of phenols is 3. The molecule has 0 heterocycles. The molecule has 0 aromatic heterocycles. The van der Waals surface area contributed by atoms with Crippen molar-refractivity contribution >= 4 is 0 Å². The van der Waals surface area contributed by atoms with E-state index in [1.807, 2.05) is 26.8 Å². The molecule has 0 amide bonds. The lowest BCUT2D eigenvalue weighted by molar-refractivity contribution is 0.451. The highest BCUT2D eigenvalue weighted by Crippen LogP contribution is 2.36. The highest BCUT2D eigenvalue weighted by molar-refractivity contribution is 5.74. The fourth-order valence-electron chi connectivity index (χ4n) is 2.08. The molecule has 3 heteroatoms. The standard InChI is InChI=1S/C15H16O3/c1-8-4-14(10(3)15(18)9(8)2)11-5-12(16)7-13(17)6-11/h4-7,16-18H,1-3H3. The topological polar surface area (TPSA) is 60.7 Å². The van der Waals surface area contributed by atoms with Crippen molar-refractivity contribution in [2.24, 2.45) is 0 Å². The lowest BCUT2D eigenvalue weighted by atomic mass is 9.94. The molecular formula is C15H16O3. The van der Waals surface area contributed by atoms with Crippen LogP contribution in [0.15, 0.2) is 24.3 Å². The van der Waals surface area contributed by atoms with Crippen LogP contribution in [0.25, 0.3) is 11.1 Å². The van der Waals surface area contributed by atoms with E-state index in [4.69, 9.17) is 0 Å². The predicted octanol–water partition coefficient (Wildman–Crippen LogP) is 3.40. The molecule has 0 aliphatic rings. The predicted molar refractivity (Wildman–Crippen MR) is 71.1 cm³/mol. The van der Waals surface area contributed by atoms with E-state index < -0.39 is 0 Å². The van der Waals surface area contributed by atoms with Gasteiger partial charge in [0.2, 0.25) is 0 Å². The van der Waals surface area contributed by atoms with Gasteiger partial charge in [0.1, 0.15) is 17.2 Å². The Morgan fingerprint density at radius 2 is 1.28 bits per heavy atom. The molecule has 0 spiro atoms. The summed E-state index contributed by atoms with van der Waals surface area (Å²) in [6.45, 7) is 5.60. The Balaban J connectivity index is 2.71. The molecule has 2 aromatic carbocycles. The summed E-state index contributed by atoms with van der Waals surface area (Å²) >= 11 is 0. The molecule has 3 N–H and O–H groups in total. The van der Waals surface area contributed by atoms with E-state index in [2.05, 4.69) is 0 Å². The number of aryl methyl sites for hydroxylation is 1. The van der Waals surface area contributed by atoms with Gasteiger partial charge >= 0.3 is 0 Å². The van der Waals surface area contributed by atoms with Crippen LogP contribution in [0.5, 0.6) is 17.2 Å². The average molecular weight is 244 g/mol. The number of phenolic OH excluding ortho intramolecular Hbond substituents is 3. The van der Waals surface area contributed by atoms with Crippen molar-refractivity contribution in [3.63, 3.8) is 0 Å². The normalized spacial score (nSPS) is 10.6. The van der Waals surface area contributed by atoms with Crippen LogP contribution in [0.4, 0.5) is 0 Å². The van der Waals surface area contributed by atoms with E-state index in [-0.39, 0.29) is 17.2 Å². The van der Waals surface area contributed by atoms with Gasteiger partial charge < -0.3 is 15.3 Å². The molecule has 0 atom stereocenters. The molecule has 2 aromatic rings. The lowest BCUT2D eigenvalue weighted by Crippen LogP contribution is -1.90. The minimum absolute atomic E-state index is 0.00196. The smallest absolute Gasteiger partial charge is 0.122 e. The van der Waals surface area contributed by atoms with Crippen LogP contribution < -0.4 is 0 Å². The Bertz CT molecular complexity index is 595. The minimum atomic E-state index is 0.00196. The first-order chi connectivity index (χ1) is 8.40. The summed E-state index contributed by atoms with van der Waals surface area (Å²) in [6, 6.07) is 6.35. The molecule has 0 fully saturated rings. The molecule has 0 bridgehead atoms. The number of benzene rings is 2. The number of aromatic hydroxyl groups is 3. The summed E-state index contributed by atoms with van der Waals surface area (Å²) in [6.07, 6.45) is 0. The maximum absolute atomic E-state index is 10.0. The molecule has 0 saturated carbocycles. The maximum Gasteiger partial charge on any atom is 0.122 e. The first kappa shape index (κ1) is 12.3. The van der Waals surface area contributed by atoms with Gasteiger partial charge in [-0.1, -0.05) is 6.07 Å². The second kappa shape index (κ2) is 4.26.